The van der Waals surface area contributed by atoms with Crippen LogP contribution in [0.5, 0.6) is 0 Å². The van der Waals surface area contributed by atoms with Crippen LogP contribution in [0.25, 0.3) is 11.4 Å². The van der Waals surface area contributed by atoms with Gasteiger partial charge in [0.2, 0.25) is 10.0 Å². The number of aromatic nitrogens is 3. The molecular formula is C22H34N4O2S2. The molecule has 1 aliphatic rings. The zero-order valence-corrected chi connectivity index (χ0v) is 20.4. The number of benzene rings is 1. The average Bonchev–Trinajstić information content (AvgIpc) is 3.34. The van der Waals surface area contributed by atoms with Gasteiger partial charge >= 0.3 is 0 Å². The Hall–Kier alpha value is -1.38. The van der Waals surface area contributed by atoms with E-state index in [2.05, 4.69) is 59.8 Å². The number of hydrogen-bond donors (Lipinski definition) is 0. The fraction of sp³-hybridized carbons (Fsp3) is 0.636. The van der Waals surface area contributed by atoms with Gasteiger partial charge in [-0.05, 0) is 30.2 Å². The van der Waals surface area contributed by atoms with E-state index in [1.54, 1.807) is 25.9 Å². The molecular weight excluding hydrogens is 416 g/mol. The Labute approximate surface area is 185 Å². The molecule has 2 aromatic rings. The fourth-order valence-electron chi connectivity index (χ4n) is 3.77. The second kappa shape index (κ2) is 9.40. The van der Waals surface area contributed by atoms with Crippen molar-refractivity contribution in [1.29, 1.82) is 0 Å². The van der Waals surface area contributed by atoms with Crippen LogP contribution >= 0.6 is 11.8 Å². The fourth-order valence-corrected chi connectivity index (χ4v) is 5.77. The summed E-state index contributed by atoms with van der Waals surface area (Å²) in [5.74, 6) is 1.79. The van der Waals surface area contributed by atoms with Crippen molar-refractivity contribution in [2.45, 2.75) is 69.5 Å². The molecule has 0 aliphatic heterocycles. The zero-order valence-electron chi connectivity index (χ0n) is 18.8. The van der Waals surface area contributed by atoms with Crippen LogP contribution < -0.4 is 0 Å². The Balaban J connectivity index is 1.79. The topological polar surface area (TPSA) is 68.1 Å². The summed E-state index contributed by atoms with van der Waals surface area (Å²) < 4.78 is 27.6. The average molecular weight is 451 g/mol. The monoisotopic (exact) mass is 450 g/mol. The van der Waals surface area contributed by atoms with Crippen molar-refractivity contribution >= 4 is 21.8 Å². The quantitative estimate of drug-likeness (QED) is 0.429. The molecule has 0 atom stereocenters. The third-order valence-corrected chi connectivity index (χ3v) is 8.64. The summed E-state index contributed by atoms with van der Waals surface area (Å²) in [6.07, 6.45) is 5.35. The summed E-state index contributed by atoms with van der Waals surface area (Å²) in [6, 6.07) is 9.08. The van der Waals surface area contributed by atoms with E-state index in [0.717, 1.165) is 29.4 Å². The summed E-state index contributed by atoms with van der Waals surface area (Å²) in [5.41, 5.74) is 2.50. The van der Waals surface area contributed by atoms with Crippen LogP contribution in [0.3, 0.4) is 0 Å². The lowest BCUT2D eigenvalue weighted by Crippen LogP contribution is -2.25. The van der Waals surface area contributed by atoms with Gasteiger partial charge in [0.15, 0.2) is 11.0 Å². The summed E-state index contributed by atoms with van der Waals surface area (Å²) >= 11 is 1.62. The SMILES string of the molecule is CN(C)S(=O)(=O)CCCSc1nnc(-c2ccc(C(C)(C)C)cc2)n1C1CCCC1. The highest BCUT2D eigenvalue weighted by Crippen LogP contribution is 2.37. The van der Waals surface area contributed by atoms with Gasteiger partial charge in [-0.1, -0.05) is 69.6 Å². The van der Waals surface area contributed by atoms with Crippen LogP contribution in [0.1, 0.15) is 64.5 Å². The molecule has 3 rings (SSSR count). The Morgan fingerprint density at radius 3 is 2.30 bits per heavy atom. The lowest BCUT2D eigenvalue weighted by atomic mass is 9.86. The molecule has 166 valence electrons. The maximum absolute atomic E-state index is 12.0. The molecule has 0 amide bonds. The maximum atomic E-state index is 12.0. The van der Waals surface area contributed by atoms with E-state index >= 15 is 0 Å². The van der Waals surface area contributed by atoms with Crippen LogP contribution in [0.4, 0.5) is 0 Å². The van der Waals surface area contributed by atoms with Crippen molar-refractivity contribution < 1.29 is 8.42 Å². The molecule has 8 heteroatoms. The first-order valence-corrected chi connectivity index (χ1v) is 13.3. The van der Waals surface area contributed by atoms with Gasteiger partial charge in [-0.15, -0.1) is 10.2 Å². The van der Waals surface area contributed by atoms with Crippen LogP contribution in [-0.2, 0) is 15.4 Å². The van der Waals surface area contributed by atoms with Gasteiger partial charge in [0.05, 0.1) is 5.75 Å². The van der Waals surface area contributed by atoms with Gasteiger partial charge in [-0.25, -0.2) is 12.7 Å². The summed E-state index contributed by atoms with van der Waals surface area (Å²) in [7, 11) is 0.00429. The highest BCUT2D eigenvalue weighted by atomic mass is 32.2. The number of hydrogen-bond acceptors (Lipinski definition) is 5. The van der Waals surface area contributed by atoms with E-state index in [4.69, 9.17) is 0 Å². The van der Waals surface area contributed by atoms with E-state index in [1.165, 1.54) is 22.7 Å². The number of sulfonamides is 1. The third kappa shape index (κ3) is 5.45. The van der Waals surface area contributed by atoms with Crippen molar-refractivity contribution in [3.05, 3.63) is 29.8 Å². The second-order valence-corrected chi connectivity index (χ2v) is 12.6. The maximum Gasteiger partial charge on any atom is 0.213 e. The van der Waals surface area contributed by atoms with E-state index in [1.807, 2.05) is 0 Å². The highest BCUT2D eigenvalue weighted by molar-refractivity contribution is 7.99. The third-order valence-electron chi connectivity index (χ3n) is 5.70. The first-order valence-electron chi connectivity index (χ1n) is 10.7. The minimum absolute atomic E-state index is 0.117. The summed E-state index contributed by atoms with van der Waals surface area (Å²) in [6.45, 7) is 6.65. The Morgan fingerprint density at radius 2 is 1.73 bits per heavy atom. The molecule has 1 aliphatic carbocycles. The smallest absolute Gasteiger partial charge is 0.213 e. The molecule has 0 bridgehead atoms. The lowest BCUT2D eigenvalue weighted by molar-refractivity contribution is 0.485. The van der Waals surface area contributed by atoms with Gasteiger partial charge in [-0.2, -0.15) is 0 Å². The Morgan fingerprint density at radius 1 is 1.10 bits per heavy atom. The van der Waals surface area contributed by atoms with E-state index in [-0.39, 0.29) is 11.2 Å². The van der Waals surface area contributed by atoms with E-state index in [0.29, 0.717) is 18.2 Å². The van der Waals surface area contributed by atoms with Gasteiger partial charge in [-0.3, -0.25) is 4.57 Å². The van der Waals surface area contributed by atoms with Crippen molar-refractivity contribution in [3.8, 4) is 11.4 Å². The number of rotatable bonds is 8. The minimum atomic E-state index is -3.16. The number of nitrogens with zero attached hydrogens (tertiary/aromatic N) is 4. The van der Waals surface area contributed by atoms with Crippen molar-refractivity contribution in [2.24, 2.45) is 0 Å². The molecule has 1 fully saturated rings. The Bertz CT molecular complexity index is 939. The standard InChI is InChI=1S/C22H34N4O2S2/c1-22(2,3)18-13-11-17(12-14-18)20-23-24-21(26(20)19-9-6-7-10-19)29-15-8-16-30(27,28)25(4)5/h11-14,19H,6-10,15-16H2,1-5H3. The van der Waals surface area contributed by atoms with Crippen molar-refractivity contribution in [1.82, 2.24) is 19.1 Å². The predicted octanol–water partition coefficient (Wildman–Crippen LogP) is 4.73. The minimum Gasteiger partial charge on any atom is -0.299 e. The van der Waals surface area contributed by atoms with Crippen molar-refractivity contribution in [2.75, 3.05) is 25.6 Å². The summed E-state index contributed by atoms with van der Waals surface area (Å²) in [4.78, 5) is 0. The molecule has 30 heavy (non-hydrogen) atoms. The molecule has 1 saturated carbocycles. The first-order chi connectivity index (χ1) is 14.1. The molecule has 0 radical (unpaired) electrons. The van der Waals surface area contributed by atoms with Crippen LogP contribution in [0, 0.1) is 0 Å². The van der Waals surface area contributed by atoms with E-state index in [9.17, 15) is 8.42 Å². The normalized spacial score (nSPS) is 15.9. The number of thioether (sulfide) groups is 1. The largest absolute Gasteiger partial charge is 0.299 e. The lowest BCUT2D eigenvalue weighted by Gasteiger charge is -2.20. The first kappa shape index (κ1) is 23.3. The summed E-state index contributed by atoms with van der Waals surface area (Å²) in [5, 5.41) is 9.94. The molecule has 0 N–H and O–H groups in total. The highest BCUT2D eigenvalue weighted by Gasteiger charge is 2.25. The zero-order chi connectivity index (χ0) is 21.9. The van der Waals surface area contributed by atoms with E-state index < -0.39 is 10.0 Å². The molecule has 0 saturated heterocycles. The van der Waals surface area contributed by atoms with Gasteiger partial charge < -0.3 is 0 Å². The molecule has 1 aromatic heterocycles. The van der Waals surface area contributed by atoms with Crippen LogP contribution in [0.15, 0.2) is 29.4 Å². The van der Waals surface area contributed by atoms with Gasteiger partial charge in [0.25, 0.3) is 0 Å². The molecule has 0 spiro atoms. The van der Waals surface area contributed by atoms with Gasteiger partial charge in [0, 0.05) is 31.5 Å². The Kier molecular flexibility index (Phi) is 7.30. The van der Waals surface area contributed by atoms with Gasteiger partial charge in [0.1, 0.15) is 0 Å². The molecule has 6 nitrogen and oxygen atoms in total. The molecule has 0 unspecified atom stereocenters. The molecule has 1 aromatic carbocycles. The second-order valence-electron chi connectivity index (χ2n) is 9.24. The van der Waals surface area contributed by atoms with Crippen LogP contribution in [0.2, 0.25) is 0 Å². The molecule has 1 heterocycles. The van der Waals surface area contributed by atoms with Crippen LogP contribution in [-0.4, -0.2) is 53.1 Å². The predicted molar refractivity (Wildman–Crippen MR) is 124 cm³/mol. The van der Waals surface area contributed by atoms with Crippen molar-refractivity contribution in [3.63, 3.8) is 0 Å².